The Labute approximate surface area is 111 Å². The molecule has 1 heterocycles. The first-order valence-electron chi connectivity index (χ1n) is 5.98. The summed E-state index contributed by atoms with van der Waals surface area (Å²) >= 11 is 3.51. The molecule has 1 aliphatic heterocycles. The fourth-order valence-corrected chi connectivity index (χ4v) is 3.00. The summed E-state index contributed by atoms with van der Waals surface area (Å²) in [5, 5.41) is 9.26. The molecule has 1 unspecified atom stereocenters. The SMILES string of the molecule is CC1(C)C(C#N)CCCN1c1cccc(Br)c1. The summed E-state index contributed by atoms with van der Waals surface area (Å²) in [6, 6.07) is 10.8. The van der Waals surface area contributed by atoms with Gasteiger partial charge in [-0.2, -0.15) is 5.26 Å². The quantitative estimate of drug-likeness (QED) is 0.783. The van der Waals surface area contributed by atoms with Crippen LogP contribution in [0.4, 0.5) is 5.69 Å². The Bertz CT molecular complexity index is 448. The molecule has 1 aromatic carbocycles. The van der Waals surface area contributed by atoms with E-state index in [4.69, 9.17) is 0 Å². The number of hydrogen-bond acceptors (Lipinski definition) is 2. The van der Waals surface area contributed by atoms with Gasteiger partial charge in [0.05, 0.1) is 17.5 Å². The molecule has 0 N–H and O–H groups in total. The molecule has 0 bridgehead atoms. The monoisotopic (exact) mass is 292 g/mol. The molecule has 0 spiro atoms. The van der Waals surface area contributed by atoms with Crippen LogP contribution in [0.5, 0.6) is 0 Å². The van der Waals surface area contributed by atoms with Crippen LogP contribution < -0.4 is 4.90 Å². The molecule has 0 aromatic heterocycles. The summed E-state index contributed by atoms with van der Waals surface area (Å²) in [6.45, 7) is 5.36. The summed E-state index contributed by atoms with van der Waals surface area (Å²) in [4.78, 5) is 2.36. The molecule has 0 aliphatic carbocycles. The van der Waals surface area contributed by atoms with Crippen LogP contribution in [0, 0.1) is 17.2 Å². The zero-order valence-corrected chi connectivity index (χ0v) is 11.9. The van der Waals surface area contributed by atoms with E-state index in [9.17, 15) is 5.26 Å². The first-order chi connectivity index (χ1) is 8.05. The van der Waals surface area contributed by atoms with E-state index in [1.54, 1.807) is 0 Å². The Morgan fingerprint density at radius 2 is 2.24 bits per heavy atom. The second-order valence-electron chi connectivity index (χ2n) is 5.11. The molecule has 0 amide bonds. The van der Waals surface area contributed by atoms with E-state index in [0.717, 1.165) is 23.9 Å². The van der Waals surface area contributed by atoms with Crippen molar-refractivity contribution in [2.45, 2.75) is 32.2 Å². The lowest BCUT2D eigenvalue weighted by Crippen LogP contribution is -2.53. The van der Waals surface area contributed by atoms with Crippen LogP contribution >= 0.6 is 15.9 Å². The van der Waals surface area contributed by atoms with Gasteiger partial charge in [-0.15, -0.1) is 0 Å². The van der Waals surface area contributed by atoms with Crippen LogP contribution in [-0.4, -0.2) is 12.1 Å². The van der Waals surface area contributed by atoms with Crippen molar-refractivity contribution in [2.24, 2.45) is 5.92 Å². The minimum Gasteiger partial charge on any atom is -0.365 e. The molecule has 1 atom stereocenters. The van der Waals surface area contributed by atoms with Crippen molar-refractivity contribution in [3.05, 3.63) is 28.7 Å². The first-order valence-corrected chi connectivity index (χ1v) is 6.78. The van der Waals surface area contributed by atoms with Crippen LogP contribution in [0.3, 0.4) is 0 Å². The fourth-order valence-electron chi connectivity index (χ4n) is 2.61. The van der Waals surface area contributed by atoms with Gasteiger partial charge in [-0.1, -0.05) is 22.0 Å². The average molecular weight is 293 g/mol. The van der Waals surface area contributed by atoms with Crippen LogP contribution in [0.15, 0.2) is 28.7 Å². The molecule has 90 valence electrons. The zero-order valence-electron chi connectivity index (χ0n) is 10.3. The van der Waals surface area contributed by atoms with E-state index in [0.29, 0.717) is 0 Å². The standard InChI is InChI=1S/C14H17BrN2/c1-14(2)11(10-16)5-4-8-17(14)13-7-3-6-12(15)9-13/h3,6-7,9,11H,4-5,8H2,1-2H3. The van der Waals surface area contributed by atoms with E-state index in [1.807, 2.05) is 12.1 Å². The normalized spacial score (nSPS) is 23.2. The fraction of sp³-hybridized carbons (Fsp3) is 0.500. The van der Waals surface area contributed by atoms with Crippen molar-refractivity contribution < 1.29 is 0 Å². The van der Waals surface area contributed by atoms with Crippen molar-refractivity contribution in [3.8, 4) is 6.07 Å². The lowest BCUT2D eigenvalue weighted by atomic mass is 9.79. The third-order valence-corrected chi connectivity index (χ3v) is 4.19. The van der Waals surface area contributed by atoms with Crippen LogP contribution in [0.25, 0.3) is 0 Å². The number of benzene rings is 1. The van der Waals surface area contributed by atoms with Crippen molar-refractivity contribution in [2.75, 3.05) is 11.4 Å². The highest BCUT2D eigenvalue weighted by molar-refractivity contribution is 9.10. The highest BCUT2D eigenvalue weighted by Crippen LogP contribution is 2.37. The predicted molar refractivity (Wildman–Crippen MR) is 73.9 cm³/mol. The smallest absolute Gasteiger partial charge is 0.0690 e. The number of rotatable bonds is 1. The van der Waals surface area contributed by atoms with Gasteiger partial charge >= 0.3 is 0 Å². The van der Waals surface area contributed by atoms with E-state index >= 15 is 0 Å². The number of nitriles is 1. The highest BCUT2D eigenvalue weighted by atomic mass is 79.9. The van der Waals surface area contributed by atoms with Crippen LogP contribution in [-0.2, 0) is 0 Å². The maximum Gasteiger partial charge on any atom is 0.0690 e. The molecule has 1 aliphatic rings. The largest absolute Gasteiger partial charge is 0.365 e. The molecule has 2 rings (SSSR count). The zero-order chi connectivity index (χ0) is 12.5. The highest BCUT2D eigenvalue weighted by Gasteiger charge is 2.38. The van der Waals surface area contributed by atoms with Crippen molar-refractivity contribution in [1.82, 2.24) is 0 Å². The van der Waals surface area contributed by atoms with E-state index in [1.165, 1.54) is 5.69 Å². The summed E-state index contributed by atoms with van der Waals surface area (Å²) in [7, 11) is 0. The van der Waals surface area contributed by atoms with Crippen LogP contribution in [0.2, 0.25) is 0 Å². The predicted octanol–water partition coefficient (Wildman–Crippen LogP) is 3.97. The molecule has 1 aromatic rings. The Morgan fingerprint density at radius 3 is 2.88 bits per heavy atom. The molecule has 17 heavy (non-hydrogen) atoms. The second kappa shape index (κ2) is 4.70. The Balaban J connectivity index is 2.35. The number of anilines is 1. The number of halogens is 1. The van der Waals surface area contributed by atoms with Gasteiger partial charge in [0.1, 0.15) is 0 Å². The van der Waals surface area contributed by atoms with Gasteiger partial charge in [0.2, 0.25) is 0 Å². The van der Waals surface area contributed by atoms with Gasteiger partial charge in [-0.25, -0.2) is 0 Å². The second-order valence-corrected chi connectivity index (χ2v) is 6.02. The third kappa shape index (κ3) is 2.32. The van der Waals surface area contributed by atoms with E-state index in [2.05, 4.69) is 52.9 Å². The lowest BCUT2D eigenvalue weighted by molar-refractivity contribution is 0.292. The lowest BCUT2D eigenvalue weighted by Gasteiger charge is -2.47. The molecular formula is C14H17BrN2. The maximum absolute atomic E-state index is 9.26. The summed E-state index contributed by atoms with van der Waals surface area (Å²) in [5.74, 6) is 0.107. The summed E-state index contributed by atoms with van der Waals surface area (Å²) in [5.41, 5.74) is 1.11. The third-order valence-electron chi connectivity index (χ3n) is 3.70. The molecule has 3 heteroatoms. The first kappa shape index (κ1) is 12.4. The van der Waals surface area contributed by atoms with Crippen molar-refractivity contribution in [3.63, 3.8) is 0 Å². The molecule has 0 radical (unpaired) electrons. The molecule has 1 fully saturated rings. The topological polar surface area (TPSA) is 27.0 Å². The summed E-state index contributed by atoms with van der Waals surface area (Å²) in [6.07, 6.45) is 2.10. The molecule has 1 saturated heterocycles. The van der Waals surface area contributed by atoms with Gasteiger partial charge in [0, 0.05) is 16.7 Å². The average Bonchev–Trinajstić information content (AvgIpc) is 2.28. The Morgan fingerprint density at radius 1 is 1.47 bits per heavy atom. The Kier molecular flexibility index (Phi) is 3.44. The number of hydrogen-bond donors (Lipinski definition) is 0. The van der Waals surface area contributed by atoms with Gasteiger partial charge in [-0.3, -0.25) is 0 Å². The van der Waals surface area contributed by atoms with Gasteiger partial charge in [0.25, 0.3) is 0 Å². The van der Waals surface area contributed by atoms with Crippen molar-refractivity contribution >= 4 is 21.6 Å². The minimum absolute atomic E-state index is 0.0895. The van der Waals surface area contributed by atoms with E-state index < -0.39 is 0 Å². The number of nitrogens with zero attached hydrogens (tertiary/aromatic N) is 2. The van der Waals surface area contributed by atoms with E-state index in [-0.39, 0.29) is 11.5 Å². The van der Waals surface area contributed by atoms with Crippen LogP contribution in [0.1, 0.15) is 26.7 Å². The molecule has 0 saturated carbocycles. The summed E-state index contributed by atoms with van der Waals surface area (Å²) < 4.78 is 1.09. The van der Waals surface area contributed by atoms with Gasteiger partial charge < -0.3 is 4.90 Å². The molecule has 2 nitrogen and oxygen atoms in total. The van der Waals surface area contributed by atoms with Gasteiger partial charge in [0.15, 0.2) is 0 Å². The minimum atomic E-state index is -0.0895. The Hall–Kier alpha value is -1.01. The maximum atomic E-state index is 9.26. The number of piperidine rings is 1. The van der Waals surface area contributed by atoms with Gasteiger partial charge in [-0.05, 0) is 44.9 Å². The van der Waals surface area contributed by atoms with Crippen molar-refractivity contribution in [1.29, 1.82) is 5.26 Å². The molecular weight excluding hydrogens is 276 g/mol.